The van der Waals surface area contributed by atoms with Crippen LogP contribution in [0.1, 0.15) is 77.6 Å². The molecule has 3 nitrogen and oxygen atoms in total. The van der Waals surface area contributed by atoms with E-state index in [0.29, 0.717) is 17.5 Å². The Bertz CT molecular complexity index is 2240. The third-order valence-electron chi connectivity index (χ3n) is 8.97. The van der Waals surface area contributed by atoms with Gasteiger partial charge in [0.1, 0.15) is 0 Å². The van der Waals surface area contributed by atoms with Gasteiger partial charge in [0, 0.05) is 16.7 Å². The summed E-state index contributed by atoms with van der Waals surface area (Å²) in [5.74, 6) is 1.93. The van der Waals surface area contributed by atoms with Crippen molar-refractivity contribution in [3.63, 3.8) is 0 Å². The molecule has 0 N–H and O–H groups in total. The van der Waals surface area contributed by atoms with Gasteiger partial charge in [-0.2, -0.15) is 0 Å². The monoisotopic (exact) mass is 709 g/mol. The van der Waals surface area contributed by atoms with Crippen LogP contribution in [-0.4, -0.2) is 15.0 Å². The van der Waals surface area contributed by atoms with Crippen LogP contribution in [0.4, 0.5) is 0 Å². The lowest BCUT2D eigenvalue weighted by Crippen LogP contribution is -2.00. The molecule has 7 rings (SSSR count). The molecule has 0 aliphatic carbocycles. The van der Waals surface area contributed by atoms with E-state index in [4.69, 9.17) is 15.0 Å². The lowest BCUT2D eigenvalue weighted by atomic mass is 9.87. The lowest BCUT2D eigenvalue weighted by molar-refractivity contribution is 1.07. The largest absolute Gasteiger partial charge is 0.208 e. The van der Waals surface area contributed by atoms with E-state index in [1.165, 1.54) is 33.0 Å². The summed E-state index contributed by atoms with van der Waals surface area (Å²) in [4.78, 5) is 15.1. The highest BCUT2D eigenvalue weighted by molar-refractivity contribution is 6.01. The Labute approximate surface area is 324 Å². The number of nitrogens with zero attached hydrogens (tertiary/aromatic N) is 3. The molecule has 1 aromatic heterocycles. The Morgan fingerprint density at radius 1 is 0.352 bits per heavy atom. The highest BCUT2D eigenvalue weighted by Gasteiger charge is 2.16. The van der Waals surface area contributed by atoms with E-state index < -0.39 is 0 Å². The van der Waals surface area contributed by atoms with Gasteiger partial charge in [-0.05, 0) is 107 Å². The van der Waals surface area contributed by atoms with E-state index in [-0.39, 0.29) is 0 Å². The molecule has 0 spiro atoms. The maximum atomic E-state index is 5.07. The average molecular weight is 710 g/mol. The standard InChI is InChI=1S/C45H37N3.3C2H6/c1-5-16-39-30(3)31(4)40(17-6-2)42-29-35(24-25-41(39)42)37-26-36(32-18-10-7-11-19-32)27-38(28-37)45-47-43(33-20-12-8-13-21-33)46-44(48-45)34-22-14-9-15-23-34;3*1-2/h5-29H,1-4H3;3*1-2H3/b16-5-,17-6-;;;. The second-order valence-electron chi connectivity index (χ2n) is 12.0. The fourth-order valence-electron chi connectivity index (χ4n) is 6.41. The topological polar surface area (TPSA) is 38.7 Å². The fraction of sp³-hybridized carbons (Fsp3) is 0.196. The zero-order valence-electron chi connectivity index (χ0n) is 33.8. The zero-order chi connectivity index (χ0) is 39.0. The van der Waals surface area contributed by atoms with Crippen molar-refractivity contribution in [1.29, 1.82) is 0 Å². The number of hydrogen-bond donors (Lipinski definition) is 0. The molecule has 0 saturated carbocycles. The highest BCUT2D eigenvalue weighted by atomic mass is 15.0. The van der Waals surface area contributed by atoms with Crippen molar-refractivity contribution >= 4 is 22.9 Å². The van der Waals surface area contributed by atoms with Crippen molar-refractivity contribution < 1.29 is 0 Å². The van der Waals surface area contributed by atoms with Gasteiger partial charge < -0.3 is 0 Å². The Balaban J connectivity index is 0.00000103. The van der Waals surface area contributed by atoms with Crippen LogP contribution < -0.4 is 0 Å². The summed E-state index contributed by atoms with van der Waals surface area (Å²) in [5.41, 5.74) is 12.5. The lowest BCUT2D eigenvalue weighted by Gasteiger charge is -2.17. The van der Waals surface area contributed by atoms with Gasteiger partial charge in [-0.1, -0.05) is 169 Å². The molecule has 3 heteroatoms. The smallest absolute Gasteiger partial charge is 0.164 e. The Morgan fingerprint density at radius 2 is 0.722 bits per heavy atom. The summed E-state index contributed by atoms with van der Waals surface area (Å²) in [6.45, 7) is 20.6. The number of aromatic nitrogens is 3. The predicted octanol–water partition coefficient (Wildman–Crippen LogP) is 15.1. The van der Waals surface area contributed by atoms with Crippen LogP contribution in [0.3, 0.4) is 0 Å². The van der Waals surface area contributed by atoms with Crippen molar-refractivity contribution in [2.75, 3.05) is 0 Å². The molecular formula is C51H55N3. The molecule has 0 amide bonds. The Hall–Kier alpha value is -5.93. The number of hydrogen-bond acceptors (Lipinski definition) is 3. The normalized spacial score (nSPS) is 10.6. The van der Waals surface area contributed by atoms with Gasteiger partial charge in [0.05, 0.1) is 0 Å². The predicted molar refractivity (Wildman–Crippen MR) is 237 cm³/mol. The van der Waals surface area contributed by atoms with Gasteiger partial charge in [0.2, 0.25) is 0 Å². The highest BCUT2D eigenvalue weighted by Crippen LogP contribution is 2.38. The first kappa shape index (κ1) is 40.8. The van der Waals surface area contributed by atoms with Crippen molar-refractivity contribution in [1.82, 2.24) is 15.0 Å². The molecule has 0 aliphatic rings. The zero-order valence-corrected chi connectivity index (χ0v) is 33.8. The summed E-state index contributed by atoms with van der Waals surface area (Å²) >= 11 is 0. The minimum Gasteiger partial charge on any atom is -0.208 e. The van der Waals surface area contributed by atoms with Crippen LogP contribution in [0.25, 0.3) is 79.3 Å². The van der Waals surface area contributed by atoms with Crippen molar-refractivity contribution in [2.45, 2.75) is 69.2 Å². The second kappa shape index (κ2) is 20.3. The molecule has 0 aliphatic heterocycles. The van der Waals surface area contributed by atoms with Gasteiger partial charge >= 0.3 is 0 Å². The molecule has 0 saturated heterocycles. The van der Waals surface area contributed by atoms with E-state index >= 15 is 0 Å². The third kappa shape index (κ3) is 9.16. The van der Waals surface area contributed by atoms with E-state index in [1.807, 2.05) is 102 Å². The van der Waals surface area contributed by atoms with E-state index in [1.54, 1.807) is 0 Å². The van der Waals surface area contributed by atoms with Crippen LogP contribution in [0.2, 0.25) is 0 Å². The second-order valence-corrected chi connectivity index (χ2v) is 12.0. The minimum absolute atomic E-state index is 0.638. The van der Waals surface area contributed by atoms with Crippen molar-refractivity contribution in [3.8, 4) is 56.4 Å². The van der Waals surface area contributed by atoms with Crippen LogP contribution in [0.5, 0.6) is 0 Å². The molecule has 7 aromatic rings. The van der Waals surface area contributed by atoms with Gasteiger partial charge in [-0.3, -0.25) is 0 Å². The van der Waals surface area contributed by atoms with Crippen LogP contribution in [-0.2, 0) is 0 Å². The molecular weight excluding hydrogens is 655 g/mol. The molecule has 54 heavy (non-hydrogen) atoms. The van der Waals surface area contributed by atoms with Crippen molar-refractivity contribution in [3.05, 3.63) is 162 Å². The van der Waals surface area contributed by atoms with Crippen LogP contribution >= 0.6 is 0 Å². The SMILES string of the molecule is C/C=C\c1c(C)c(C)c(/C=C\C)c2cc(-c3cc(-c4ccccc4)cc(-c4nc(-c5ccccc5)nc(-c5ccccc5)n4)c3)ccc12.CC.CC.CC. The molecule has 0 atom stereocenters. The number of allylic oxidation sites excluding steroid dienone is 2. The molecule has 6 aromatic carbocycles. The average Bonchev–Trinajstić information content (AvgIpc) is 3.26. The first-order valence-electron chi connectivity index (χ1n) is 19.4. The van der Waals surface area contributed by atoms with E-state index in [2.05, 4.69) is 119 Å². The van der Waals surface area contributed by atoms with Crippen molar-refractivity contribution in [2.24, 2.45) is 0 Å². The first-order chi connectivity index (χ1) is 26.5. The molecule has 1 heterocycles. The van der Waals surface area contributed by atoms with Gasteiger partial charge in [0.25, 0.3) is 0 Å². The maximum absolute atomic E-state index is 5.07. The summed E-state index contributed by atoms with van der Waals surface area (Å²) in [7, 11) is 0. The quantitative estimate of drug-likeness (QED) is 0.165. The number of benzene rings is 6. The molecule has 0 radical (unpaired) electrons. The van der Waals surface area contributed by atoms with Gasteiger partial charge in [-0.15, -0.1) is 0 Å². The van der Waals surface area contributed by atoms with Crippen LogP contribution in [0, 0.1) is 13.8 Å². The van der Waals surface area contributed by atoms with E-state index in [9.17, 15) is 0 Å². The van der Waals surface area contributed by atoms with Gasteiger partial charge in [0.15, 0.2) is 17.5 Å². The van der Waals surface area contributed by atoms with Gasteiger partial charge in [-0.25, -0.2) is 15.0 Å². The Morgan fingerprint density at radius 3 is 1.17 bits per heavy atom. The fourth-order valence-corrected chi connectivity index (χ4v) is 6.41. The molecule has 0 bridgehead atoms. The van der Waals surface area contributed by atoms with Crippen LogP contribution in [0.15, 0.2) is 140 Å². The Kier molecular flexibility index (Phi) is 15.4. The third-order valence-corrected chi connectivity index (χ3v) is 8.97. The molecule has 0 unspecified atom stereocenters. The molecule has 0 fully saturated rings. The molecule has 274 valence electrons. The summed E-state index contributed by atoms with van der Waals surface area (Å²) in [6.07, 6.45) is 8.73. The summed E-state index contributed by atoms with van der Waals surface area (Å²) in [6, 6.07) is 44.3. The number of fused-ring (bicyclic) bond motifs is 1. The first-order valence-corrected chi connectivity index (χ1v) is 19.4. The number of rotatable bonds is 7. The van der Waals surface area contributed by atoms with E-state index in [0.717, 1.165) is 38.9 Å². The maximum Gasteiger partial charge on any atom is 0.164 e. The summed E-state index contributed by atoms with van der Waals surface area (Å²) < 4.78 is 0. The summed E-state index contributed by atoms with van der Waals surface area (Å²) in [5, 5.41) is 2.50. The minimum atomic E-state index is 0.638.